The topological polar surface area (TPSA) is 9.23 Å². The smallest absolute Gasteiger partial charge is 0.0668 e. The second-order valence-corrected chi connectivity index (χ2v) is 3.81. The first kappa shape index (κ1) is 9.99. The lowest BCUT2D eigenvalue weighted by Gasteiger charge is -2.17. The normalized spacial score (nSPS) is 13.9. The third-order valence-corrected chi connectivity index (χ3v) is 1.04. The van der Waals surface area contributed by atoms with E-state index in [0.717, 1.165) is 5.03 Å². The summed E-state index contributed by atoms with van der Waals surface area (Å²) in [4.78, 5) is 0. The molecule has 0 aliphatic rings. The molecule has 0 aromatic rings. The molecule has 0 amide bonds. The lowest BCUT2D eigenvalue weighted by atomic mass is 10.2. The Morgan fingerprint density at radius 3 is 2.30 bits per heavy atom. The van der Waals surface area contributed by atoms with Crippen LogP contribution in [0, 0.1) is 0 Å². The standard InChI is InChI=1S/C8H15ClO/c1-7(9)5-6-10-8(2,3)4/h5H,6H2,1-4H3/b7-5-. The molecule has 2 heteroatoms. The van der Waals surface area contributed by atoms with Crippen LogP contribution in [0.5, 0.6) is 0 Å². The van der Waals surface area contributed by atoms with E-state index in [0.29, 0.717) is 6.61 Å². The van der Waals surface area contributed by atoms with Gasteiger partial charge in [-0.25, -0.2) is 0 Å². The van der Waals surface area contributed by atoms with E-state index in [2.05, 4.69) is 0 Å². The molecule has 0 radical (unpaired) electrons. The van der Waals surface area contributed by atoms with Gasteiger partial charge in [-0.2, -0.15) is 0 Å². The first-order valence-electron chi connectivity index (χ1n) is 3.38. The second-order valence-electron chi connectivity index (χ2n) is 3.21. The number of ether oxygens (including phenoxy) is 1. The monoisotopic (exact) mass is 162 g/mol. The summed E-state index contributed by atoms with van der Waals surface area (Å²) in [7, 11) is 0. The summed E-state index contributed by atoms with van der Waals surface area (Å²) in [5.41, 5.74) is -0.0666. The summed E-state index contributed by atoms with van der Waals surface area (Å²) in [6.07, 6.45) is 1.85. The molecule has 0 N–H and O–H groups in total. The van der Waals surface area contributed by atoms with E-state index in [9.17, 15) is 0 Å². The zero-order valence-corrected chi connectivity index (χ0v) is 7.83. The van der Waals surface area contributed by atoms with Crippen molar-refractivity contribution in [3.8, 4) is 0 Å². The van der Waals surface area contributed by atoms with E-state index in [1.54, 1.807) is 0 Å². The first-order valence-corrected chi connectivity index (χ1v) is 3.76. The van der Waals surface area contributed by atoms with Gasteiger partial charge >= 0.3 is 0 Å². The predicted octanol–water partition coefficient (Wildman–Crippen LogP) is 2.94. The van der Waals surface area contributed by atoms with Gasteiger partial charge in [-0.15, -0.1) is 0 Å². The van der Waals surface area contributed by atoms with Gasteiger partial charge in [-0.1, -0.05) is 11.6 Å². The molecule has 0 aromatic carbocycles. The number of allylic oxidation sites excluding steroid dienone is 1. The van der Waals surface area contributed by atoms with Crippen molar-refractivity contribution in [2.24, 2.45) is 0 Å². The van der Waals surface area contributed by atoms with Crippen molar-refractivity contribution < 1.29 is 4.74 Å². The van der Waals surface area contributed by atoms with Gasteiger partial charge in [0.2, 0.25) is 0 Å². The fraction of sp³-hybridized carbons (Fsp3) is 0.750. The van der Waals surface area contributed by atoms with Crippen molar-refractivity contribution in [1.29, 1.82) is 0 Å². The van der Waals surface area contributed by atoms with Crippen LogP contribution in [-0.4, -0.2) is 12.2 Å². The summed E-state index contributed by atoms with van der Waals surface area (Å²) in [6, 6.07) is 0. The van der Waals surface area contributed by atoms with Crippen LogP contribution in [0.3, 0.4) is 0 Å². The molecule has 0 unspecified atom stereocenters. The number of hydrogen-bond acceptors (Lipinski definition) is 1. The van der Waals surface area contributed by atoms with Gasteiger partial charge in [0.15, 0.2) is 0 Å². The second kappa shape index (κ2) is 3.99. The van der Waals surface area contributed by atoms with Crippen LogP contribution in [0.1, 0.15) is 27.7 Å². The third kappa shape index (κ3) is 7.99. The van der Waals surface area contributed by atoms with Crippen molar-refractivity contribution in [1.82, 2.24) is 0 Å². The minimum Gasteiger partial charge on any atom is -0.372 e. The van der Waals surface area contributed by atoms with Crippen LogP contribution in [-0.2, 0) is 4.74 Å². The van der Waals surface area contributed by atoms with E-state index < -0.39 is 0 Å². The molecule has 0 aliphatic carbocycles. The van der Waals surface area contributed by atoms with Crippen LogP contribution < -0.4 is 0 Å². The molecule has 0 saturated carbocycles. The zero-order valence-electron chi connectivity index (χ0n) is 7.07. The summed E-state index contributed by atoms with van der Waals surface area (Å²) >= 11 is 5.59. The summed E-state index contributed by atoms with van der Waals surface area (Å²) in [5.74, 6) is 0. The highest BCUT2D eigenvalue weighted by atomic mass is 35.5. The van der Waals surface area contributed by atoms with Gasteiger partial charge in [-0.3, -0.25) is 0 Å². The molecule has 0 rings (SSSR count). The molecule has 60 valence electrons. The lowest BCUT2D eigenvalue weighted by molar-refractivity contribution is 0.0149. The molecular weight excluding hydrogens is 148 g/mol. The SMILES string of the molecule is C/C(Cl)=C/COC(C)(C)C. The molecule has 0 spiro atoms. The Morgan fingerprint density at radius 2 is 2.00 bits per heavy atom. The summed E-state index contributed by atoms with van der Waals surface area (Å²) < 4.78 is 5.38. The van der Waals surface area contributed by atoms with Crippen LogP contribution in [0.25, 0.3) is 0 Å². The summed E-state index contributed by atoms with van der Waals surface area (Å²) in [6.45, 7) is 8.49. The maximum atomic E-state index is 5.59. The molecule has 0 aliphatic heterocycles. The first-order chi connectivity index (χ1) is 4.42. The fourth-order valence-electron chi connectivity index (χ4n) is 0.406. The highest BCUT2D eigenvalue weighted by Gasteiger charge is 2.07. The maximum absolute atomic E-state index is 5.59. The molecule has 10 heavy (non-hydrogen) atoms. The Kier molecular flexibility index (Phi) is 3.99. The van der Waals surface area contributed by atoms with Gasteiger partial charge in [0.1, 0.15) is 0 Å². The molecule has 0 aromatic heterocycles. The van der Waals surface area contributed by atoms with Crippen molar-refractivity contribution in [2.75, 3.05) is 6.61 Å². The van der Waals surface area contributed by atoms with Crippen molar-refractivity contribution in [3.63, 3.8) is 0 Å². The molecule has 0 fully saturated rings. The molecule has 0 atom stereocenters. The van der Waals surface area contributed by atoms with Gasteiger partial charge < -0.3 is 4.74 Å². The minimum absolute atomic E-state index is 0.0666. The van der Waals surface area contributed by atoms with E-state index in [1.807, 2.05) is 33.8 Å². The summed E-state index contributed by atoms with van der Waals surface area (Å²) in [5, 5.41) is 0.782. The largest absolute Gasteiger partial charge is 0.372 e. The maximum Gasteiger partial charge on any atom is 0.0668 e. The average Bonchev–Trinajstić information content (AvgIpc) is 1.59. The molecular formula is C8H15ClO. The average molecular weight is 163 g/mol. The molecule has 0 heterocycles. The van der Waals surface area contributed by atoms with Crippen molar-refractivity contribution in [2.45, 2.75) is 33.3 Å². The highest BCUT2D eigenvalue weighted by Crippen LogP contribution is 2.07. The number of rotatable bonds is 2. The van der Waals surface area contributed by atoms with Gasteiger partial charge in [0.25, 0.3) is 0 Å². The van der Waals surface area contributed by atoms with Crippen LogP contribution in [0.15, 0.2) is 11.1 Å². The van der Waals surface area contributed by atoms with Crippen LogP contribution in [0.4, 0.5) is 0 Å². The van der Waals surface area contributed by atoms with E-state index in [4.69, 9.17) is 16.3 Å². The Morgan fingerprint density at radius 1 is 1.50 bits per heavy atom. The quantitative estimate of drug-likeness (QED) is 0.607. The Balaban J connectivity index is 3.47. The zero-order chi connectivity index (χ0) is 8.20. The van der Waals surface area contributed by atoms with Crippen molar-refractivity contribution in [3.05, 3.63) is 11.1 Å². The number of hydrogen-bond donors (Lipinski definition) is 0. The van der Waals surface area contributed by atoms with Gasteiger partial charge in [0.05, 0.1) is 12.2 Å². The van der Waals surface area contributed by atoms with Gasteiger partial charge in [0, 0.05) is 5.03 Å². The Bertz CT molecular complexity index is 118. The molecule has 0 bridgehead atoms. The van der Waals surface area contributed by atoms with Crippen LogP contribution >= 0.6 is 11.6 Å². The Hall–Kier alpha value is -0.0100. The van der Waals surface area contributed by atoms with E-state index >= 15 is 0 Å². The minimum atomic E-state index is -0.0666. The Labute approximate surface area is 68.0 Å². The highest BCUT2D eigenvalue weighted by molar-refractivity contribution is 6.29. The van der Waals surface area contributed by atoms with Crippen molar-refractivity contribution >= 4 is 11.6 Å². The fourth-order valence-corrected chi connectivity index (χ4v) is 0.469. The third-order valence-electron chi connectivity index (χ3n) is 0.881. The van der Waals surface area contributed by atoms with E-state index in [-0.39, 0.29) is 5.60 Å². The number of halogens is 1. The van der Waals surface area contributed by atoms with E-state index in [1.165, 1.54) is 0 Å². The molecule has 0 saturated heterocycles. The lowest BCUT2D eigenvalue weighted by Crippen LogP contribution is -2.18. The van der Waals surface area contributed by atoms with Crippen LogP contribution in [0.2, 0.25) is 0 Å². The predicted molar refractivity (Wildman–Crippen MR) is 45.3 cm³/mol. The van der Waals surface area contributed by atoms with Gasteiger partial charge in [-0.05, 0) is 33.8 Å². The molecule has 1 nitrogen and oxygen atoms in total.